The molecule has 0 radical (unpaired) electrons. The Morgan fingerprint density at radius 3 is 2.70 bits per heavy atom. The first-order valence-electron chi connectivity index (χ1n) is 10.3. The van der Waals surface area contributed by atoms with Crippen LogP contribution in [0.3, 0.4) is 0 Å². The number of hydrogen-bond acceptors (Lipinski definition) is 5. The van der Waals surface area contributed by atoms with Crippen molar-refractivity contribution in [3.63, 3.8) is 0 Å². The number of aromatic nitrogens is 4. The van der Waals surface area contributed by atoms with E-state index in [9.17, 15) is 9.18 Å². The highest BCUT2D eigenvalue weighted by Gasteiger charge is 2.20. The number of amides is 1. The van der Waals surface area contributed by atoms with E-state index in [4.69, 9.17) is 11.6 Å². The number of pyridine rings is 1. The van der Waals surface area contributed by atoms with E-state index in [1.165, 1.54) is 23.9 Å². The highest BCUT2D eigenvalue weighted by Crippen LogP contribution is 2.32. The lowest BCUT2D eigenvalue weighted by molar-refractivity contribution is -0.113. The smallest absolute Gasteiger partial charge is 0.234 e. The Morgan fingerprint density at radius 1 is 1.15 bits per heavy atom. The molecule has 0 atom stereocenters. The van der Waals surface area contributed by atoms with Gasteiger partial charge in [0, 0.05) is 23.0 Å². The van der Waals surface area contributed by atoms with E-state index in [0.717, 1.165) is 22.9 Å². The van der Waals surface area contributed by atoms with Crippen LogP contribution in [0.2, 0.25) is 5.02 Å². The third-order valence-electron chi connectivity index (χ3n) is 4.89. The van der Waals surface area contributed by atoms with Crippen molar-refractivity contribution in [2.45, 2.75) is 24.9 Å². The molecule has 0 aliphatic heterocycles. The highest BCUT2D eigenvalue weighted by atomic mass is 35.5. The molecule has 0 fully saturated rings. The van der Waals surface area contributed by atoms with Crippen LogP contribution in [0.1, 0.15) is 25.3 Å². The van der Waals surface area contributed by atoms with Crippen LogP contribution in [-0.2, 0) is 4.79 Å². The summed E-state index contributed by atoms with van der Waals surface area (Å²) in [5.41, 5.74) is 2.94. The lowest BCUT2D eigenvalue weighted by Crippen LogP contribution is -2.15. The summed E-state index contributed by atoms with van der Waals surface area (Å²) in [6.07, 6.45) is 3.42. The predicted octanol–water partition coefficient (Wildman–Crippen LogP) is 5.98. The number of anilines is 1. The first-order chi connectivity index (χ1) is 15.9. The maximum atomic E-state index is 14.0. The Labute approximate surface area is 200 Å². The van der Waals surface area contributed by atoms with Crippen LogP contribution in [-0.4, -0.2) is 31.4 Å². The molecule has 4 aromatic rings. The molecule has 0 spiro atoms. The fraction of sp³-hybridized carbons (Fsp3) is 0.167. The molecule has 4 rings (SSSR count). The summed E-state index contributed by atoms with van der Waals surface area (Å²) in [6.45, 7) is 4.24. The molecule has 0 saturated carbocycles. The van der Waals surface area contributed by atoms with Gasteiger partial charge in [0.25, 0.3) is 0 Å². The number of nitrogens with one attached hydrogen (secondary N) is 1. The standard InChI is InChI=1S/C24H21ClFN5OS/c1-15(2)18-7-3-4-8-21(18)31-23(16-6-5-11-27-13-16)29-30-24(31)33-14-22(32)28-20-10-9-17(25)12-19(20)26/h3-13,15H,14H2,1-2H3,(H,28,32). The molecular formula is C24H21ClFN5OS. The van der Waals surface area contributed by atoms with E-state index < -0.39 is 5.82 Å². The number of halogens is 2. The zero-order chi connectivity index (χ0) is 23.4. The molecule has 6 nitrogen and oxygen atoms in total. The summed E-state index contributed by atoms with van der Waals surface area (Å²) in [5.74, 6) is -0.0382. The van der Waals surface area contributed by atoms with Crippen LogP contribution in [0.4, 0.5) is 10.1 Å². The highest BCUT2D eigenvalue weighted by molar-refractivity contribution is 7.99. The normalized spacial score (nSPS) is 11.1. The van der Waals surface area contributed by atoms with Gasteiger partial charge in [-0.05, 0) is 47.9 Å². The molecule has 0 saturated heterocycles. The molecule has 0 aliphatic rings. The van der Waals surface area contributed by atoms with E-state index in [-0.39, 0.29) is 28.3 Å². The summed E-state index contributed by atoms with van der Waals surface area (Å²) in [6, 6.07) is 15.9. The number of nitrogens with zero attached hydrogens (tertiary/aromatic N) is 4. The van der Waals surface area contributed by atoms with Gasteiger partial charge >= 0.3 is 0 Å². The van der Waals surface area contributed by atoms with Gasteiger partial charge in [-0.3, -0.25) is 14.3 Å². The van der Waals surface area contributed by atoms with Crippen molar-refractivity contribution in [3.8, 4) is 17.1 Å². The van der Waals surface area contributed by atoms with Crippen LogP contribution < -0.4 is 5.32 Å². The van der Waals surface area contributed by atoms with Crippen molar-refractivity contribution in [2.24, 2.45) is 0 Å². The largest absolute Gasteiger partial charge is 0.323 e. The monoisotopic (exact) mass is 481 g/mol. The van der Waals surface area contributed by atoms with Crippen molar-refractivity contribution in [1.29, 1.82) is 0 Å². The first kappa shape index (κ1) is 22.9. The van der Waals surface area contributed by atoms with Crippen LogP contribution in [0.25, 0.3) is 17.1 Å². The second-order valence-electron chi connectivity index (χ2n) is 7.56. The number of rotatable bonds is 7. The fourth-order valence-electron chi connectivity index (χ4n) is 3.35. The predicted molar refractivity (Wildman–Crippen MR) is 129 cm³/mol. The SMILES string of the molecule is CC(C)c1ccccc1-n1c(SCC(=O)Nc2ccc(Cl)cc2F)nnc1-c1cccnc1. The first-order valence-corrected chi connectivity index (χ1v) is 11.6. The third-order valence-corrected chi connectivity index (χ3v) is 6.05. The van der Waals surface area contributed by atoms with Gasteiger partial charge in [-0.1, -0.05) is 55.4 Å². The number of benzene rings is 2. The maximum Gasteiger partial charge on any atom is 0.234 e. The second-order valence-corrected chi connectivity index (χ2v) is 8.94. The Bertz CT molecular complexity index is 1280. The van der Waals surface area contributed by atoms with Crippen LogP contribution in [0, 0.1) is 5.82 Å². The van der Waals surface area contributed by atoms with E-state index in [2.05, 4.69) is 40.4 Å². The molecule has 2 aromatic carbocycles. The Balaban J connectivity index is 1.65. The van der Waals surface area contributed by atoms with Crippen LogP contribution >= 0.6 is 23.4 Å². The summed E-state index contributed by atoms with van der Waals surface area (Å²) < 4.78 is 16.0. The minimum atomic E-state index is -0.589. The Kier molecular flexibility index (Phi) is 7.05. The van der Waals surface area contributed by atoms with Crippen molar-refractivity contribution < 1.29 is 9.18 Å². The van der Waals surface area contributed by atoms with E-state index in [1.807, 2.05) is 34.9 Å². The number of hydrogen-bond donors (Lipinski definition) is 1. The molecule has 0 bridgehead atoms. The molecule has 1 amide bonds. The van der Waals surface area contributed by atoms with Crippen molar-refractivity contribution >= 4 is 35.0 Å². The minimum Gasteiger partial charge on any atom is -0.323 e. The van der Waals surface area contributed by atoms with Gasteiger partial charge in [-0.25, -0.2) is 4.39 Å². The molecule has 2 heterocycles. The number of carbonyl (C=O) groups excluding carboxylic acids is 1. The fourth-order valence-corrected chi connectivity index (χ4v) is 4.25. The van der Waals surface area contributed by atoms with Crippen molar-refractivity contribution in [3.05, 3.63) is 83.4 Å². The summed E-state index contributed by atoms with van der Waals surface area (Å²) in [7, 11) is 0. The molecule has 0 aliphatic carbocycles. The molecule has 33 heavy (non-hydrogen) atoms. The van der Waals surface area contributed by atoms with E-state index in [1.54, 1.807) is 12.4 Å². The van der Waals surface area contributed by atoms with Gasteiger partial charge < -0.3 is 5.32 Å². The van der Waals surface area contributed by atoms with Gasteiger partial charge in [-0.15, -0.1) is 10.2 Å². The van der Waals surface area contributed by atoms with E-state index in [0.29, 0.717) is 11.0 Å². The summed E-state index contributed by atoms with van der Waals surface area (Å²) in [4.78, 5) is 16.7. The maximum absolute atomic E-state index is 14.0. The number of para-hydroxylation sites is 1. The molecule has 2 aromatic heterocycles. The average Bonchev–Trinajstić information content (AvgIpc) is 3.24. The van der Waals surface area contributed by atoms with E-state index >= 15 is 0 Å². The van der Waals surface area contributed by atoms with Crippen LogP contribution in [0.5, 0.6) is 0 Å². The molecular weight excluding hydrogens is 461 g/mol. The quantitative estimate of drug-likeness (QED) is 0.329. The molecule has 168 valence electrons. The second kappa shape index (κ2) is 10.1. The van der Waals surface area contributed by atoms with Crippen LogP contribution in [0.15, 0.2) is 72.1 Å². The lowest BCUT2D eigenvalue weighted by atomic mass is 10.0. The van der Waals surface area contributed by atoms with Crippen molar-refractivity contribution in [1.82, 2.24) is 19.7 Å². The minimum absolute atomic E-state index is 0.0249. The van der Waals surface area contributed by atoms with Gasteiger partial charge in [-0.2, -0.15) is 0 Å². The topological polar surface area (TPSA) is 72.7 Å². The molecule has 0 unspecified atom stereocenters. The summed E-state index contributed by atoms with van der Waals surface area (Å²) in [5, 5.41) is 12.1. The van der Waals surface area contributed by atoms with Gasteiger partial charge in [0.1, 0.15) is 5.82 Å². The van der Waals surface area contributed by atoms with Gasteiger partial charge in [0.15, 0.2) is 11.0 Å². The van der Waals surface area contributed by atoms with Crippen molar-refractivity contribution in [2.75, 3.05) is 11.1 Å². The van der Waals surface area contributed by atoms with Gasteiger partial charge in [0.2, 0.25) is 5.91 Å². The third kappa shape index (κ3) is 5.23. The lowest BCUT2D eigenvalue weighted by Gasteiger charge is -2.16. The average molecular weight is 482 g/mol. The zero-order valence-electron chi connectivity index (χ0n) is 18.0. The summed E-state index contributed by atoms with van der Waals surface area (Å²) >= 11 is 7.00. The molecule has 9 heteroatoms. The number of carbonyl (C=O) groups is 1. The zero-order valence-corrected chi connectivity index (χ0v) is 19.6. The Morgan fingerprint density at radius 2 is 1.97 bits per heavy atom. The van der Waals surface area contributed by atoms with Gasteiger partial charge in [0.05, 0.1) is 17.1 Å². The molecule has 1 N–H and O–H groups in total. The Hall–Kier alpha value is -3.23. The number of thioether (sulfide) groups is 1.